The summed E-state index contributed by atoms with van der Waals surface area (Å²) in [7, 11) is 0. The van der Waals surface area contributed by atoms with Gasteiger partial charge >= 0.3 is 0 Å². The van der Waals surface area contributed by atoms with E-state index in [4.69, 9.17) is 6.42 Å². The Bertz CT molecular complexity index is 843. The van der Waals surface area contributed by atoms with Crippen LogP contribution in [0.5, 0.6) is 0 Å². The third kappa shape index (κ3) is 2.93. The molecule has 1 aromatic heterocycles. The lowest BCUT2D eigenvalue weighted by molar-refractivity contribution is 0.104. The van der Waals surface area contributed by atoms with E-state index in [1.54, 1.807) is 0 Å². The van der Waals surface area contributed by atoms with Gasteiger partial charge in [-0.15, -0.1) is 17.8 Å². The molecule has 0 saturated heterocycles. The van der Waals surface area contributed by atoms with Crippen molar-refractivity contribution in [2.75, 3.05) is 5.32 Å². The molecule has 0 unspecified atom stereocenters. The van der Waals surface area contributed by atoms with Crippen LogP contribution >= 0.6 is 11.3 Å². The standard InChI is InChI=1S/C19H13NOS/c1-2-14-7-6-10-16(13-14)20-17-11-12-22-19(17)18(21)15-8-4-3-5-9-15/h1,3-13,20H. The van der Waals surface area contributed by atoms with Crippen LogP contribution in [-0.4, -0.2) is 5.78 Å². The number of carbonyl (C=O) groups excluding carboxylic acids is 1. The number of thiophene rings is 1. The Morgan fingerprint density at radius 1 is 1.05 bits per heavy atom. The fraction of sp³-hybridized carbons (Fsp3) is 0. The van der Waals surface area contributed by atoms with Crippen LogP contribution in [0.3, 0.4) is 0 Å². The van der Waals surface area contributed by atoms with Crippen molar-refractivity contribution in [1.29, 1.82) is 0 Å². The van der Waals surface area contributed by atoms with Gasteiger partial charge in [-0.25, -0.2) is 0 Å². The monoisotopic (exact) mass is 303 g/mol. The molecule has 0 atom stereocenters. The molecule has 0 amide bonds. The first kappa shape index (κ1) is 14.1. The van der Waals surface area contributed by atoms with Crippen LogP contribution in [0.4, 0.5) is 11.4 Å². The molecule has 3 aromatic rings. The second-order valence-corrected chi connectivity index (χ2v) is 5.62. The van der Waals surface area contributed by atoms with E-state index in [0.29, 0.717) is 10.4 Å². The fourth-order valence-corrected chi connectivity index (χ4v) is 2.96. The van der Waals surface area contributed by atoms with Crippen LogP contribution in [-0.2, 0) is 0 Å². The third-order valence-corrected chi connectivity index (χ3v) is 4.13. The summed E-state index contributed by atoms with van der Waals surface area (Å²) in [5.74, 6) is 2.63. The first-order chi connectivity index (χ1) is 10.8. The molecule has 22 heavy (non-hydrogen) atoms. The Kier molecular flexibility index (Phi) is 4.04. The first-order valence-corrected chi connectivity index (χ1v) is 7.67. The molecule has 0 fully saturated rings. The molecule has 0 aliphatic rings. The zero-order valence-electron chi connectivity index (χ0n) is 11.7. The summed E-state index contributed by atoms with van der Waals surface area (Å²) in [6.45, 7) is 0. The maximum atomic E-state index is 12.6. The summed E-state index contributed by atoms with van der Waals surface area (Å²) in [4.78, 5) is 13.3. The van der Waals surface area contributed by atoms with Crippen LogP contribution < -0.4 is 5.32 Å². The molecule has 0 saturated carbocycles. The average Bonchev–Trinajstić information content (AvgIpc) is 3.03. The molecule has 3 rings (SSSR count). The van der Waals surface area contributed by atoms with Gasteiger partial charge in [-0.2, -0.15) is 0 Å². The Morgan fingerprint density at radius 2 is 1.86 bits per heavy atom. The van der Waals surface area contributed by atoms with Crippen molar-refractivity contribution in [2.24, 2.45) is 0 Å². The summed E-state index contributed by atoms with van der Waals surface area (Å²) in [6.07, 6.45) is 5.42. The largest absolute Gasteiger partial charge is 0.354 e. The van der Waals surface area contributed by atoms with Crippen LogP contribution in [0, 0.1) is 12.3 Å². The summed E-state index contributed by atoms with van der Waals surface area (Å²) in [5.41, 5.74) is 3.16. The minimum Gasteiger partial charge on any atom is -0.354 e. The van der Waals surface area contributed by atoms with Gasteiger partial charge in [-0.05, 0) is 29.6 Å². The van der Waals surface area contributed by atoms with Crippen molar-refractivity contribution in [3.05, 3.63) is 82.0 Å². The third-order valence-electron chi connectivity index (χ3n) is 3.22. The number of ketones is 1. The van der Waals surface area contributed by atoms with E-state index < -0.39 is 0 Å². The highest BCUT2D eigenvalue weighted by molar-refractivity contribution is 7.13. The molecule has 0 spiro atoms. The molecular weight excluding hydrogens is 290 g/mol. The molecule has 2 nitrogen and oxygen atoms in total. The van der Waals surface area contributed by atoms with E-state index in [1.165, 1.54) is 11.3 Å². The Hall–Kier alpha value is -2.83. The zero-order valence-corrected chi connectivity index (χ0v) is 12.6. The lowest BCUT2D eigenvalue weighted by atomic mass is 10.1. The van der Waals surface area contributed by atoms with E-state index >= 15 is 0 Å². The maximum Gasteiger partial charge on any atom is 0.205 e. The molecule has 106 valence electrons. The number of carbonyl (C=O) groups is 1. The predicted molar refractivity (Wildman–Crippen MR) is 91.9 cm³/mol. The second-order valence-electron chi connectivity index (χ2n) is 4.71. The highest BCUT2D eigenvalue weighted by atomic mass is 32.1. The quantitative estimate of drug-likeness (QED) is 0.559. The number of rotatable bonds is 4. The highest BCUT2D eigenvalue weighted by Crippen LogP contribution is 2.28. The second kappa shape index (κ2) is 6.30. The summed E-state index contributed by atoms with van der Waals surface area (Å²) < 4.78 is 0. The number of anilines is 2. The van der Waals surface area contributed by atoms with Gasteiger partial charge in [-0.3, -0.25) is 4.79 Å². The van der Waals surface area contributed by atoms with Crippen LogP contribution in [0.2, 0.25) is 0 Å². The van der Waals surface area contributed by atoms with E-state index in [9.17, 15) is 4.79 Å². The first-order valence-electron chi connectivity index (χ1n) is 6.79. The van der Waals surface area contributed by atoms with Gasteiger partial charge in [-0.1, -0.05) is 42.3 Å². The van der Waals surface area contributed by atoms with E-state index in [0.717, 1.165) is 16.9 Å². The van der Waals surface area contributed by atoms with Gasteiger partial charge in [0.2, 0.25) is 5.78 Å². The number of hydrogen-bond donors (Lipinski definition) is 1. The molecular formula is C19H13NOS. The smallest absolute Gasteiger partial charge is 0.205 e. The van der Waals surface area contributed by atoms with E-state index in [-0.39, 0.29) is 5.78 Å². The molecule has 1 N–H and O–H groups in total. The van der Waals surface area contributed by atoms with Gasteiger partial charge < -0.3 is 5.32 Å². The summed E-state index contributed by atoms with van der Waals surface area (Å²) in [5, 5.41) is 5.18. The number of hydrogen-bond acceptors (Lipinski definition) is 3. The van der Waals surface area contributed by atoms with Crippen molar-refractivity contribution in [2.45, 2.75) is 0 Å². The van der Waals surface area contributed by atoms with E-state index in [2.05, 4.69) is 11.2 Å². The topological polar surface area (TPSA) is 29.1 Å². The molecule has 0 bridgehead atoms. The summed E-state index contributed by atoms with van der Waals surface area (Å²) in [6, 6.07) is 18.8. The molecule has 0 aliphatic carbocycles. The van der Waals surface area contributed by atoms with Crippen molar-refractivity contribution in [3.8, 4) is 12.3 Å². The number of benzene rings is 2. The van der Waals surface area contributed by atoms with Gasteiger partial charge in [0.25, 0.3) is 0 Å². The molecule has 0 radical (unpaired) electrons. The van der Waals surface area contributed by atoms with E-state index in [1.807, 2.05) is 66.0 Å². The minimum absolute atomic E-state index is 0.0196. The Balaban J connectivity index is 1.89. The van der Waals surface area contributed by atoms with Crippen molar-refractivity contribution in [1.82, 2.24) is 0 Å². The lowest BCUT2D eigenvalue weighted by Crippen LogP contribution is -2.02. The van der Waals surface area contributed by atoms with Crippen molar-refractivity contribution in [3.63, 3.8) is 0 Å². The SMILES string of the molecule is C#Cc1cccc(Nc2ccsc2C(=O)c2ccccc2)c1. The van der Waals surface area contributed by atoms with Crippen LogP contribution in [0.1, 0.15) is 20.8 Å². The number of terminal acetylenes is 1. The van der Waals surface area contributed by atoms with Crippen LogP contribution in [0.15, 0.2) is 66.0 Å². The summed E-state index contributed by atoms with van der Waals surface area (Å²) >= 11 is 1.43. The van der Waals surface area contributed by atoms with Crippen molar-refractivity contribution >= 4 is 28.5 Å². The zero-order chi connectivity index (χ0) is 15.4. The maximum absolute atomic E-state index is 12.6. The normalized spacial score (nSPS) is 9.95. The van der Waals surface area contributed by atoms with Crippen LogP contribution in [0.25, 0.3) is 0 Å². The van der Waals surface area contributed by atoms with Crippen molar-refractivity contribution < 1.29 is 4.79 Å². The molecule has 1 heterocycles. The fourth-order valence-electron chi connectivity index (χ4n) is 2.15. The lowest BCUT2D eigenvalue weighted by Gasteiger charge is -2.07. The molecule has 3 heteroatoms. The highest BCUT2D eigenvalue weighted by Gasteiger charge is 2.15. The Morgan fingerprint density at radius 3 is 2.64 bits per heavy atom. The predicted octanol–water partition coefficient (Wildman–Crippen LogP) is 4.70. The molecule has 2 aromatic carbocycles. The van der Waals surface area contributed by atoms with Gasteiger partial charge in [0.15, 0.2) is 0 Å². The van der Waals surface area contributed by atoms with Gasteiger partial charge in [0, 0.05) is 16.8 Å². The van der Waals surface area contributed by atoms with Gasteiger partial charge in [0.05, 0.1) is 10.6 Å². The number of nitrogens with one attached hydrogen (secondary N) is 1. The average molecular weight is 303 g/mol. The Labute approximate surface area is 133 Å². The van der Waals surface area contributed by atoms with Gasteiger partial charge in [0.1, 0.15) is 0 Å². The minimum atomic E-state index is 0.0196. The molecule has 0 aliphatic heterocycles.